The molecular formula is C31H27F11O2. The zero-order chi connectivity index (χ0) is 32.4. The second-order valence-corrected chi connectivity index (χ2v) is 10.8. The maximum absolute atomic E-state index is 14.8. The van der Waals surface area contributed by atoms with Gasteiger partial charge in [-0.2, -0.15) is 8.78 Å². The molecule has 3 aromatic rings. The number of rotatable bonds is 10. The van der Waals surface area contributed by atoms with E-state index < -0.39 is 88.4 Å². The summed E-state index contributed by atoms with van der Waals surface area (Å²) >= 11 is 0. The van der Waals surface area contributed by atoms with Crippen LogP contribution in [0.15, 0.2) is 36.4 Å². The highest BCUT2D eigenvalue weighted by Gasteiger charge is 2.35. The third-order valence-electron chi connectivity index (χ3n) is 7.63. The monoisotopic (exact) mass is 640 g/mol. The molecule has 0 spiro atoms. The molecule has 0 atom stereocenters. The summed E-state index contributed by atoms with van der Waals surface area (Å²) in [6.07, 6.45) is -6.16. The van der Waals surface area contributed by atoms with Crippen LogP contribution >= 0.6 is 0 Å². The third-order valence-corrected chi connectivity index (χ3v) is 7.63. The zero-order valence-electron chi connectivity index (χ0n) is 23.2. The van der Waals surface area contributed by atoms with E-state index in [1.165, 1.54) is 0 Å². The lowest BCUT2D eigenvalue weighted by Gasteiger charge is -2.29. The number of alkyl halides is 5. The summed E-state index contributed by atoms with van der Waals surface area (Å²) in [5.74, 6) is -11.6. The molecule has 2 nitrogen and oxygen atoms in total. The summed E-state index contributed by atoms with van der Waals surface area (Å²) in [6.45, 7) is 2.09. The van der Waals surface area contributed by atoms with Gasteiger partial charge >= 0.3 is 12.5 Å². The molecule has 44 heavy (non-hydrogen) atoms. The van der Waals surface area contributed by atoms with E-state index in [2.05, 4.69) is 16.4 Å². The van der Waals surface area contributed by atoms with Gasteiger partial charge in [0.15, 0.2) is 11.6 Å². The molecule has 0 unspecified atom stereocenters. The quantitative estimate of drug-likeness (QED) is 0.205. The minimum atomic E-state index is -5.46. The highest BCUT2D eigenvalue weighted by Crippen LogP contribution is 2.40. The second-order valence-electron chi connectivity index (χ2n) is 10.8. The van der Waals surface area contributed by atoms with Crippen LogP contribution in [-0.2, 0) is 6.42 Å². The van der Waals surface area contributed by atoms with Gasteiger partial charge in [-0.15, -0.1) is 13.2 Å². The number of ether oxygens (including phenoxy) is 2. The van der Waals surface area contributed by atoms with Crippen LogP contribution in [0, 0.1) is 40.8 Å². The first-order valence-electron chi connectivity index (χ1n) is 13.9. The van der Waals surface area contributed by atoms with Crippen molar-refractivity contribution in [1.29, 1.82) is 0 Å². The fraction of sp³-hybridized carbons (Fsp3) is 0.419. The summed E-state index contributed by atoms with van der Waals surface area (Å²) in [6, 6.07) is 3.11. The third kappa shape index (κ3) is 8.15. The fourth-order valence-electron chi connectivity index (χ4n) is 5.59. The van der Waals surface area contributed by atoms with E-state index >= 15 is 0 Å². The van der Waals surface area contributed by atoms with E-state index in [9.17, 15) is 48.3 Å². The molecule has 0 heterocycles. The first-order valence-corrected chi connectivity index (χ1v) is 13.9. The number of hydrogen-bond donors (Lipinski definition) is 0. The number of benzene rings is 3. The Bertz CT molecular complexity index is 1410. The summed E-state index contributed by atoms with van der Waals surface area (Å²) in [7, 11) is 0. The van der Waals surface area contributed by atoms with Gasteiger partial charge < -0.3 is 9.47 Å². The maximum Gasteiger partial charge on any atom is 0.573 e. The van der Waals surface area contributed by atoms with E-state index in [0.717, 1.165) is 50.7 Å². The number of halogens is 11. The molecule has 1 saturated carbocycles. The Morgan fingerprint density at radius 2 is 1.23 bits per heavy atom. The molecule has 0 amide bonds. The van der Waals surface area contributed by atoms with Gasteiger partial charge in [-0.1, -0.05) is 19.8 Å². The predicted molar refractivity (Wildman–Crippen MR) is 138 cm³/mol. The van der Waals surface area contributed by atoms with Crippen molar-refractivity contribution < 1.29 is 57.8 Å². The topological polar surface area (TPSA) is 18.5 Å². The van der Waals surface area contributed by atoms with Crippen molar-refractivity contribution in [2.24, 2.45) is 5.92 Å². The van der Waals surface area contributed by atoms with Crippen LogP contribution in [0.2, 0.25) is 0 Å². The molecule has 13 heteroatoms. The maximum atomic E-state index is 14.8. The van der Waals surface area contributed by atoms with Gasteiger partial charge in [-0.25, -0.2) is 26.3 Å². The van der Waals surface area contributed by atoms with Crippen LogP contribution in [-0.4, -0.2) is 12.5 Å². The standard InChI is InChI=1S/C31H27F11O2/c1-2-3-16-4-6-17(7-5-16)18-10-22(32)21(23(33)11-18)8-9-30(38,39)43-20-14-24(34)28(25(35)15-20)19-12-26(36)29(27(37)13-19)44-31(40,41)42/h10-17H,2-9H2,1H3. The average Bonchev–Trinajstić information content (AvgIpc) is 2.89. The molecule has 0 aromatic heterocycles. The molecule has 4 rings (SSSR count). The van der Waals surface area contributed by atoms with Crippen LogP contribution < -0.4 is 9.47 Å². The first kappa shape index (κ1) is 33.4. The normalized spacial score (nSPS) is 17.5. The Labute approximate surface area is 245 Å². The van der Waals surface area contributed by atoms with Crippen LogP contribution in [0.5, 0.6) is 11.5 Å². The molecule has 1 fully saturated rings. The van der Waals surface area contributed by atoms with Crippen LogP contribution in [0.4, 0.5) is 48.3 Å². The molecular weight excluding hydrogens is 613 g/mol. The van der Waals surface area contributed by atoms with Crippen LogP contribution in [0.3, 0.4) is 0 Å². The Kier molecular flexibility index (Phi) is 10.0. The molecule has 0 saturated heterocycles. The Morgan fingerprint density at radius 3 is 1.73 bits per heavy atom. The lowest BCUT2D eigenvalue weighted by molar-refractivity contribution is -0.276. The van der Waals surface area contributed by atoms with Gasteiger partial charge in [0, 0.05) is 17.7 Å². The van der Waals surface area contributed by atoms with E-state index in [4.69, 9.17) is 0 Å². The zero-order valence-corrected chi connectivity index (χ0v) is 23.2. The lowest BCUT2D eigenvalue weighted by atomic mass is 9.77. The Hall–Kier alpha value is -3.51. The molecule has 240 valence electrons. The van der Waals surface area contributed by atoms with E-state index in [0.29, 0.717) is 11.5 Å². The largest absolute Gasteiger partial charge is 0.573 e. The van der Waals surface area contributed by atoms with Crippen molar-refractivity contribution in [1.82, 2.24) is 0 Å². The molecule has 0 radical (unpaired) electrons. The van der Waals surface area contributed by atoms with Gasteiger partial charge in [-0.05, 0) is 79.3 Å². The van der Waals surface area contributed by atoms with Gasteiger partial charge in [0.2, 0.25) is 5.75 Å². The summed E-state index contributed by atoms with van der Waals surface area (Å²) in [4.78, 5) is 0. The van der Waals surface area contributed by atoms with Crippen molar-refractivity contribution in [3.63, 3.8) is 0 Å². The minimum absolute atomic E-state index is 0.0437. The van der Waals surface area contributed by atoms with Crippen molar-refractivity contribution in [3.8, 4) is 22.6 Å². The highest BCUT2D eigenvalue weighted by atomic mass is 19.4. The highest BCUT2D eigenvalue weighted by molar-refractivity contribution is 5.67. The molecule has 0 N–H and O–H groups in total. The SMILES string of the molecule is CCCC1CCC(c2cc(F)c(CCC(F)(F)Oc3cc(F)c(-c4cc(F)c(OC(F)(F)F)c(F)c4)c(F)c3)c(F)c2)CC1. The second kappa shape index (κ2) is 13.2. The molecule has 1 aliphatic rings. The summed E-state index contributed by atoms with van der Waals surface area (Å²) in [5, 5.41) is 0. The number of hydrogen-bond acceptors (Lipinski definition) is 2. The van der Waals surface area contributed by atoms with Gasteiger partial charge in [-0.3, -0.25) is 0 Å². The van der Waals surface area contributed by atoms with Gasteiger partial charge in [0.25, 0.3) is 0 Å². The van der Waals surface area contributed by atoms with Crippen molar-refractivity contribution in [2.45, 2.75) is 76.7 Å². The molecule has 3 aromatic carbocycles. The fourth-order valence-corrected chi connectivity index (χ4v) is 5.59. The van der Waals surface area contributed by atoms with Crippen LogP contribution in [0.25, 0.3) is 11.1 Å². The van der Waals surface area contributed by atoms with E-state index in [1.54, 1.807) is 0 Å². The first-order chi connectivity index (χ1) is 20.6. The van der Waals surface area contributed by atoms with E-state index in [1.807, 2.05) is 0 Å². The molecule has 0 bridgehead atoms. The molecule has 1 aliphatic carbocycles. The Morgan fingerprint density at radius 1 is 0.682 bits per heavy atom. The summed E-state index contributed by atoms with van der Waals surface area (Å²) < 4.78 is 161. The predicted octanol–water partition coefficient (Wildman–Crippen LogP) is 10.8. The van der Waals surface area contributed by atoms with Gasteiger partial charge in [0.05, 0.1) is 12.0 Å². The lowest BCUT2D eigenvalue weighted by Crippen LogP contribution is -2.26. The van der Waals surface area contributed by atoms with Crippen LogP contribution in [0.1, 0.15) is 68.9 Å². The minimum Gasteiger partial charge on any atom is -0.432 e. The molecule has 0 aliphatic heterocycles. The van der Waals surface area contributed by atoms with Crippen molar-refractivity contribution in [3.05, 3.63) is 82.4 Å². The van der Waals surface area contributed by atoms with E-state index in [-0.39, 0.29) is 30.2 Å². The van der Waals surface area contributed by atoms with Gasteiger partial charge in [0.1, 0.15) is 29.0 Å². The Balaban J connectivity index is 1.45. The van der Waals surface area contributed by atoms with Crippen molar-refractivity contribution in [2.75, 3.05) is 0 Å². The smallest absolute Gasteiger partial charge is 0.432 e. The summed E-state index contributed by atoms with van der Waals surface area (Å²) in [5.41, 5.74) is -2.20. The average molecular weight is 641 g/mol. The van der Waals surface area contributed by atoms with Crippen molar-refractivity contribution >= 4 is 0 Å².